The van der Waals surface area contributed by atoms with Crippen LogP contribution in [0.1, 0.15) is 34.1 Å². The van der Waals surface area contributed by atoms with E-state index in [1.807, 2.05) is 0 Å². The number of carbonyl (C=O) groups excluding carboxylic acids is 2. The maximum absolute atomic E-state index is 11.1. The molecule has 0 aromatic carbocycles. The first kappa shape index (κ1) is 41.5. The Kier molecular flexibility index (Phi) is 24.9. The Hall–Kier alpha value is -9.48. The molecule has 1 rings (SSSR count). The number of carbonyl (C=O) groups is 2. The minimum Gasteiger partial charge on any atom is -0.484 e. The van der Waals surface area contributed by atoms with Crippen molar-refractivity contribution >= 4 is 11.6 Å². The molecule has 0 amide bonds. The summed E-state index contributed by atoms with van der Waals surface area (Å²) in [6.07, 6.45) is 6.54. The monoisotopic (exact) mass is 640 g/mol. The highest BCUT2D eigenvalue weighted by molar-refractivity contribution is 6.01. The van der Waals surface area contributed by atoms with Crippen molar-refractivity contribution < 1.29 is 14.3 Å². The van der Waals surface area contributed by atoms with E-state index >= 15 is 0 Å². The predicted molar refractivity (Wildman–Crippen MR) is 198 cm³/mol. The van der Waals surface area contributed by atoms with Gasteiger partial charge in [0.25, 0.3) is 0 Å². The zero-order valence-electron chi connectivity index (χ0n) is 27.6. The van der Waals surface area contributed by atoms with Gasteiger partial charge in [-0.15, -0.1) is 6.42 Å². The Morgan fingerprint density at radius 3 is 0.941 bits per heavy atom. The number of allylic oxidation sites excluding steroid dienone is 2. The smallest absolute Gasteiger partial charge is 0.194 e. The van der Waals surface area contributed by atoms with Crippen molar-refractivity contribution in [3.63, 3.8) is 0 Å². The third kappa shape index (κ3) is 30.3. The molecule has 0 atom stereocenters. The maximum Gasteiger partial charge on any atom is 0.194 e. The molecule has 3 heteroatoms. The molecule has 0 unspecified atom stereocenters. The van der Waals surface area contributed by atoms with Gasteiger partial charge in [-0.3, -0.25) is 9.59 Å². The molecular formula is C48H16O3. The van der Waals surface area contributed by atoms with Gasteiger partial charge < -0.3 is 4.74 Å². The molecule has 0 aliphatic carbocycles. The van der Waals surface area contributed by atoms with Gasteiger partial charge in [-0.05, 0) is 115 Å². The van der Waals surface area contributed by atoms with Crippen molar-refractivity contribution in [2.75, 3.05) is 0 Å². The number of hydrogen-bond acceptors (Lipinski definition) is 3. The van der Waals surface area contributed by atoms with Crippen LogP contribution in [-0.4, -0.2) is 17.2 Å². The first-order valence-corrected chi connectivity index (χ1v) is 13.6. The zero-order valence-corrected chi connectivity index (χ0v) is 27.6. The van der Waals surface area contributed by atoms with E-state index in [9.17, 15) is 9.59 Å². The first-order valence-electron chi connectivity index (χ1n) is 13.6. The van der Waals surface area contributed by atoms with Crippen LogP contribution < -0.4 is 0 Å². The van der Waals surface area contributed by atoms with Gasteiger partial charge in [-0.2, -0.15) is 0 Å². The molecule has 0 N–H and O–H groups in total. The molecule has 0 fully saturated rings. The number of Topliss-reactive ketones (excluding diaryl/α,β-unsaturated/α-hetero) is 1. The number of hydrogen-bond donors (Lipinski definition) is 0. The summed E-state index contributed by atoms with van der Waals surface area (Å²) in [7, 11) is 0. The lowest BCUT2D eigenvalue weighted by molar-refractivity contribution is -0.128. The molecule has 0 bridgehead atoms. The average Bonchev–Trinajstić information content (AvgIpc) is 3.09. The molecule has 0 aromatic heterocycles. The van der Waals surface area contributed by atoms with Crippen LogP contribution in [0.5, 0.6) is 0 Å². The van der Waals surface area contributed by atoms with Crippen LogP contribution in [0, 0.1) is 225 Å². The van der Waals surface area contributed by atoms with Crippen LogP contribution in [0.4, 0.5) is 0 Å². The Morgan fingerprint density at radius 1 is 0.510 bits per heavy atom. The number of ether oxygens (including phenoxy) is 1. The van der Waals surface area contributed by atoms with Crippen molar-refractivity contribution in [1.82, 2.24) is 0 Å². The van der Waals surface area contributed by atoms with Crippen molar-refractivity contribution in [2.24, 2.45) is 0 Å². The molecule has 226 valence electrons. The third-order valence-electron chi connectivity index (χ3n) is 3.95. The quantitative estimate of drug-likeness (QED) is 0.412. The van der Waals surface area contributed by atoms with E-state index in [0.29, 0.717) is 6.42 Å². The van der Waals surface area contributed by atoms with Crippen LogP contribution in [0.2, 0.25) is 0 Å². The number of rotatable bonds is 1. The summed E-state index contributed by atoms with van der Waals surface area (Å²) in [5.74, 6) is 91.8. The van der Waals surface area contributed by atoms with Crippen LogP contribution in [0.15, 0.2) is 11.8 Å². The molecule has 0 saturated carbocycles. The van der Waals surface area contributed by atoms with E-state index in [1.165, 1.54) is 13.0 Å². The zero-order chi connectivity index (χ0) is 37.5. The van der Waals surface area contributed by atoms with Gasteiger partial charge in [-0.1, -0.05) is 5.92 Å². The van der Waals surface area contributed by atoms with E-state index in [2.05, 4.69) is 219 Å². The highest BCUT2D eigenvalue weighted by Crippen LogP contribution is 2.24. The van der Waals surface area contributed by atoms with E-state index in [-0.39, 0.29) is 17.3 Å². The molecule has 1 aliphatic heterocycles. The fourth-order valence-electron chi connectivity index (χ4n) is 2.28. The predicted octanol–water partition coefficient (Wildman–Crippen LogP) is 1.93. The lowest BCUT2D eigenvalue weighted by Gasteiger charge is -2.29. The highest BCUT2D eigenvalue weighted by atomic mass is 16.5. The number of ketones is 2. The second kappa shape index (κ2) is 30.5. The normalized spacial score (nSPS) is 7.98. The van der Waals surface area contributed by atoms with Crippen molar-refractivity contribution in [1.29, 1.82) is 0 Å². The van der Waals surface area contributed by atoms with E-state index in [1.54, 1.807) is 20.8 Å². The van der Waals surface area contributed by atoms with Crippen molar-refractivity contribution in [2.45, 2.75) is 39.7 Å². The summed E-state index contributed by atoms with van der Waals surface area (Å²) in [5, 5.41) is 0. The van der Waals surface area contributed by atoms with E-state index in [4.69, 9.17) is 11.2 Å². The minimum absolute atomic E-state index is 0.0450. The van der Waals surface area contributed by atoms with Crippen LogP contribution in [-0.2, 0) is 14.3 Å². The van der Waals surface area contributed by atoms with Crippen LogP contribution >= 0.6 is 0 Å². The summed E-state index contributed by atoms with van der Waals surface area (Å²) in [6.45, 7) is 6.66. The molecule has 3 nitrogen and oxygen atoms in total. The summed E-state index contributed by atoms with van der Waals surface area (Å²) >= 11 is 0. The van der Waals surface area contributed by atoms with E-state index < -0.39 is 5.60 Å². The maximum atomic E-state index is 11.1. The highest BCUT2D eigenvalue weighted by Gasteiger charge is 2.30. The topological polar surface area (TPSA) is 43.4 Å². The Balaban J connectivity index is 0.00000174. The molecular weight excluding hydrogens is 625 g/mol. The van der Waals surface area contributed by atoms with Gasteiger partial charge in [0.15, 0.2) is 17.3 Å². The summed E-state index contributed by atoms with van der Waals surface area (Å²) in [6, 6.07) is 0. The fourth-order valence-corrected chi connectivity index (χ4v) is 2.28. The molecule has 0 aromatic rings. The van der Waals surface area contributed by atoms with Gasteiger partial charge in [-0.25, -0.2) is 0 Å². The molecule has 0 saturated heterocycles. The van der Waals surface area contributed by atoms with Gasteiger partial charge in [0.2, 0.25) is 0 Å². The second-order valence-electron chi connectivity index (χ2n) is 8.34. The summed E-state index contributed by atoms with van der Waals surface area (Å²) in [4.78, 5) is 22.0. The summed E-state index contributed by atoms with van der Waals surface area (Å²) < 4.78 is 5.30. The van der Waals surface area contributed by atoms with Gasteiger partial charge >= 0.3 is 0 Å². The van der Waals surface area contributed by atoms with Gasteiger partial charge in [0.1, 0.15) is 5.60 Å². The lowest BCUT2D eigenvalue weighted by atomic mass is 9.98. The van der Waals surface area contributed by atoms with Gasteiger partial charge in [0, 0.05) is 138 Å². The van der Waals surface area contributed by atoms with Crippen LogP contribution in [0.25, 0.3) is 0 Å². The minimum atomic E-state index is -0.535. The van der Waals surface area contributed by atoms with Crippen LogP contribution in [0.3, 0.4) is 0 Å². The molecule has 1 heterocycles. The molecule has 0 radical (unpaired) electrons. The SMILES string of the molecule is C#CC#CC#CC#CC#CC#CC#CC#CC#CC#CC#CC#CC#CC#CC#CC#CC#CC#CC#CC.CC(=O)C1=CC(=O)CC(C)(C)O1. The lowest BCUT2D eigenvalue weighted by Crippen LogP contribution is -2.32. The Morgan fingerprint density at radius 2 is 0.745 bits per heavy atom. The van der Waals surface area contributed by atoms with Gasteiger partial charge in [0.05, 0.1) is 0 Å². The summed E-state index contributed by atoms with van der Waals surface area (Å²) in [5.41, 5.74) is -0.535. The van der Waals surface area contributed by atoms with E-state index in [0.717, 1.165) is 0 Å². The van der Waals surface area contributed by atoms with Crippen molar-refractivity contribution in [3.05, 3.63) is 11.8 Å². The third-order valence-corrected chi connectivity index (χ3v) is 3.95. The van der Waals surface area contributed by atoms with Crippen molar-refractivity contribution in [3.8, 4) is 225 Å². The second-order valence-corrected chi connectivity index (χ2v) is 8.34. The average molecular weight is 641 g/mol. The first-order chi connectivity index (χ1) is 24.8. The fraction of sp³-hybridized carbons (Fsp3) is 0.125. The Bertz CT molecular complexity index is 2720. The largest absolute Gasteiger partial charge is 0.484 e. The molecule has 0 spiro atoms. The molecule has 51 heavy (non-hydrogen) atoms. The molecule has 1 aliphatic rings. The standard InChI is InChI=1S/C39H4.C9H12O3/c1-3-5-7-9-11-13-15-17-19-21-23-25-27-29-31-33-35-37-39-38-36-34-32-30-28-26-24-22-20-18-16-14-12-10-8-6-4-2;1-6(10)8-4-7(11)5-9(2,3)12-8/h1H,2H3;4H,5H2,1-3H3. The Labute approximate surface area is 302 Å². The number of terminal acetylenes is 1.